The van der Waals surface area contributed by atoms with E-state index in [4.69, 9.17) is 11.5 Å². The Morgan fingerprint density at radius 3 is 2.50 bits per heavy atom. The van der Waals surface area contributed by atoms with Crippen molar-refractivity contribution < 1.29 is 22.1 Å². The molecule has 1 aromatic rings. The molecule has 1 rings (SSSR count). The third kappa shape index (κ3) is 3.19. The first-order chi connectivity index (χ1) is 8.27. The number of methoxy groups -OCH3 is 1. The van der Waals surface area contributed by atoms with E-state index in [1.54, 1.807) is 0 Å². The SMILES string of the molecule is COC(=O)c1cc(C(C)(N)O[SH](=O)=O)ccc1N. The Kier molecular flexibility index (Phi) is 4.28. The van der Waals surface area contributed by atoms with Crippen LogP contribution in [0.2, 0.25) is 0 Å². The zero-order chi connectivity index (χ0) is 13.9. The Labute approximate surface area is 106 Å². The first-order valence-corrected chi connectivity index (χ1v) is 5.98. The van der Waals surface area contributed by atoms with E-state index in [1.165, 1.54) is 32.2 Å². The zero-order valence-electron chi connectivity index (χ0n) is 9.88. The lowest BCUT2D eigenvalue weighted by Crippen LogP contribution is -2.36. The van der Waals surface area contributed by atoms with Gasteiger partial charge in [-0.15, -0.1) is 0 Å². The van der Waals surface area contributed by atoms with Gasteiger partial charge in [0.15, 0.2) is 5.72 Å². The lowest BCUT2D eigenvalue weighted by atomic mass is 10.0. The highest BCUT2D eigenvalue weighted by molar-refractivity contribution is 7.67. The normalized spacial score (nSPS) is 14.2. The van der Waals surface area contributed by atoms with E-state index in [2.05, 4.69) is 8.92 Å². The van der Waals surface area contributed by atoms with Crippen molar-refractivity contribution in [1.82, 2.24) is 0 Å². The summed E-state index contributed by atoms with van der Waals surface area (Å²) in [5.41, 5.74) is 10.3. The van der Waals surface area contributed by atoms with Gasteiger partial charge in [-0.2, -0.15) is 0 Å². The van der Waals surface area contributed by atoms with E-state index >= 15 is 0 Å². The predicted molar refractivity (Wildman–Crippen MR) is 65.1 cm³/mol. The molecule has 0 saturated carbocycles. The maximum Gasteiger partial charge on any atom is 0.339 e. The molecule has 18 heavy (non-hydrogen) atoms. The van der Waals surface area contributed by atoms with Crippen LogP contribution in [0, 0.1) is 0 Å². The molecule has 0 bridgehead atoms. The number of carbonyl (C=O) groups excluding carboxylic acids is 1. The van der Waals surface area contributed by atoms with Crippen LogP contribution in [0.15, 0.2) is 18.2 Å². The average Bonchev–Trinajstić information content (AvgIpc) is 2.26. The molecule has 0 heterocycles. The molecule has 0 radical (unpaired) electrons. The number of carbonyl (C=O) groups is 1. The molecule has 4 N–H and O–H groups in total. The van der Waals surface area contributed by atoms with Crippen LogP contribution in [-0.2, 0) is 25.6 Å². The second-order valence-electron chi connectivity index (χ2n) is 3.72. The van der Waals surface area contributed by atoms with Gasteiger partial charge in [0.1, 0.15) is 0 Å². The van der Waals surface area contributed by atoms with Crippen molar-refractivity contribution in [2.75, 3.05) is 12.8 Å². The van der Waals surface area contributed by atoms with E-state index < -0.39 is 22.7 Å². The van der Waals surface area contributed by atoms with E-state index in [0.717, 1.165) is 0 Å². The summed E-state index contributed by atoms with van der Waals surface area (Å²) in [6.45, 7) is 1.35. The minimum Gasteiger partial charge on any atom is -0.465 e. The van der Waals surface area contributed by atoms with Gasteiger partial charge in [0.05, 0.1) is 12.7 Å². The first kappa shape index (κ1) is 14.4. The lowest BCUT2D eigenvalue weighted by molar-refractivity contribution is 0.0601. The highest BCUT2D eigenvalue weighted by Crippen LogP contribution is 2.24. The number of ether oxygens (including phenoxy) is 1. The van der Waals surface area contributed by atoms with Crippen molar-refractivity contribution in [2.24, 2.45) is 5.73 Å². The molecule has 0 saturated heterocycles. The standard InChI is InChI=1S/C10H14N2O5S/c1-10(12,17-18(14)15)6-3-4-8(11)7(5-6)9(13)16-2/h3-5,18H,11-12H2,1-2H3. The Morgan fingerprint density at radius 1 is 1.39 bits per heavy atom. The Morgan fingerprint density at radius 2 is 2.00 bits per heavy atom. The second-order valence-corrected chi connectivity index (χ2v) is 4.35. The molecule has 0 aliphatic carbocycles. The van der Waals surface area contributed by atoms with Gasteiger partial charge < -0.3 is 10.5 Å². The molecule has 0 amide bonds. The Hall–Kier alpha value is -1.64. The molecule has 7 nitrogen and oxygen atoms in total. The summed E-state index contributed by atoms with van der Waals surface area (Å²) in [6.07, 6.45) is 0. The number of hydrogen-bond acceptors (Lipinski definition) is 7. The summed E-state index contributed by atoms with van der Waals surface area (Å²) in [5, 5.41) is 0. The molecule has 1 atom stereocenters. The summed E-state index contributed by atoms with van der Waals surface area (Å²) >= 11 is 0. The largest absolute Gasteiger partial charge is 0.465 e. The van der Waals surface area contributed by atoms with Crippen LogP contribution in [0.5, 0.6) is 0 Å². The van der Waals surface area contributed by atoms with Crippen LogP contribution in [0.4, 0.5) is 5.69 Å². The third-order valence-corrected chi connectivity index (χ3v) is 2.82. The molecule has 0 aromatic heterocycles. The number of rotatable bonds is 4. The van der Waals surface area contributed by atoms with Crippen LogP contribution < -0.4 is 11.5 Å². The van der Waals surface area contributed by atoms with Crippen molar-refractivity contribution in [3.63, 3.8) is 0 Å². The number of anilines is 1. The molecule has 0 fully saturated rings. The predicted octanol–water partition coefficient (Wildman–Crippen LogP) is -0.270. The summed E-state index contributed by atoms with van der Waals surface area (Å²) < 4.78 is 30.2. The van der Waals surface area contributed by atoms with E-state index in [9.17, 15) is 13.2 Å². The molecule has 0 aliphatic heterocycles. The number of nitrogens with two attached hydrogens (primary N) is 2. The Balaban J connectivity index is 3.23. The van der Waals surface area contributed by atoms with Gasteiger partial charge in [-0.1, -0.05) is 6.07 Å². The van der Waals surface area contributed by atoms with E-state index in [1.807, 2.05) is 0 Å². The van der Waals surface area contributed by atoms with Gasteiger partial charge in [-0.3, -0.25) is 5.73 Å². The molecular formula is C10H14N2O5S. The molecule has 100 valence electrons. The molecule has 1 unspecified atom stereocenters. The smallest absolute Gasteiger partial charge is 0.339 e. The van der Waals surface area contributed by atoms with Gasteiger partial charge in [0.25, 0.3) is 11.0 Å². The van der Waals surface area contributed by atoms with Crippen molar-refractivity contribution in [3.05, 3.63) is 29.3 Å². The topological polar surface area (TPSA) is 122 Å². The van der Waals surface area contributed by atoms with Gasteiger partial charge in [-0.25, -0.2) is 17.4 Å². The first-order valence-electron chi connectivity index (χ1n) is 4.88. The number of nitrogen functional groups attached to an aromatic ring is 1. The molecule has 1 aromatic carbocycles. The number of hydrogen-bond donors (Lipinski definition) is 3. The monoisotopic (exact) mass is 274 g/mol. The summed E-state index contributed by atoms with van der Waals surface area (Å²) in [6, 6.07) is 4.23. The maximum absolute atomic E-state index is 11.4. The van der Waals surface area contributed by atoms with Crippen LogP contribution >= 0.6 is 0 Å². The van der Waals surface area contributed by atoms with Crippen molar-refractivity contribution in [2.45, 2.75) is 12.6 Å². The molecule has 0 spiro atoms. The molecular weight excluding hydrogens is 260 g/mol. The maximum atomic E-state index is 11.4. The van der Waals surface area contributed by atoms with E-state index in [-0.39, 0.29) is 16.8 Å². The van der Waals surface area contributed by atoms with Crippen molar-refractivity contribution in [1.29, 1.82) is 0 Å². The highest BCUT2D eigenvalue weighted by Gasteiger charge is 2.25. The van der Waals surface area contributed by atoms with Gasteiger partial charge in [0, 0.05) is 11.3 Å². The fourth-order valence-electron chi connectivity index (χ4n) is 1.36. The second kappa shape index (κ2) is 5.34. The number of thiol groups is 1. The van der Waals surface area contributed by atoms with Crippen LogP contribution in [0.1, 0.15) is 22.8 Å². The zero-order valence-corrected chi connectivity index (χ0v) is 10.8. The quantitative estimate of drug-likeness (QED) is 0.299. The number of benzene rings is 1. The van der Waals surface area contributed by atoms with Crippen LogP contribution in [0.25, 0.3) is 0 Å². The highest BCUT2D eigenvalue weighted by atomic mass is 32.2. The van der Waals surface area contributed by atoms with Crippen LogP contribution in [0.3, 0.4) is 0 Å². The lowest BCUT2D eigenvalue weighted by Gasteiger charge is -2.22. The van der Waals surface area contributed by atoms with Crippen molar-refractivity contribution in [3.8, 4) is 0 Å². The van der Waals surface area contributed by atoms with Gasteiger partial charge in [-0.05, 0) is 19.1 Å². The fraction of sp³-hybridized carbons (Fsp3) is 0.300. The minimum absolute atomic E-state index is 0.0939. The molecule has 0 aliphatic rings. The number of esters is 1. The summed E-state index contributed by atoms with van der Waals surface area (Å²) in [4.78, 5) is 11.4. The van der Waals surface area contributed by atoms with Crippen LogP contribution in [-0.4, -0.2) is 21.5 Å². The minimum atomic E-state index is -3.12. The van der Waals surface area contributed by atoms with Gasteiger partial charge in [0.2, 0.25) is 0 Å². The summed E-state index contributed by atoms with van der Waals surface area (Å²) in [7, 11) is -1.91. The molecule has 8 heteroatoms. The fourth-order valence-corrected chi connectivity index (χ4v) is 1.77. The van der Waals surface area contributed by atoms with Gasteiger partial charge >= 0.3 is 5.97 Å². The Bertz CT molecular complexity index is 531. The third-order valence-electron chi connectivity index (χ3n) is 2.30. The van der Waals surface area contributed by atoms with Crippen molar-refractivity contribution >= 4 is 22.6 Å². The average molecular weight is 274 g/mol. The van der Waals surface area contributed by atoms with E-state index in [0.29, 0.717) is 0 Å². The summed E-state index contributed by atoms with van der Waals surface area (Å²) in [5.74, 6) is -0.642.